The molecule has 0 bridgehead atoms. The molecule has 2 nitrogen and oxygen atoms in total. The van der Waals surface area contributed by atoms with Crippen LogP contribution in [0.25, 0.3) is 0 Å². The number of nitrogens with zero attached hydrogens (tertiary/aromatic N) is 1. The van der Waals surface area contributed by atoms with Gasteiger partial charge in [-0.1, -0.05) is 17.7 Å². The van der Waals surface area contributed by atoms with Crippen LogP contribution in [0, 0.1) is 0 Å². The Bertz CT molecular complexity index is 208. The maximum absolute atomic E-state index is 5.58. The van der Waals surface area contributed by atoms with E-state index >= 15 is 0 Å². The van der Waals surface area contributed by atoms with E-state index in [0.29, 0.717) is 5.15 Å². The van der Waals surface area contributed by atoms with Crippen LogP contribution in [-0.2, 0) is 0 Å². The zero-order valence-electron chi connectivity index (χ0n) is 6.12. The van der Waals surface area contributed by atoms with Crippen LogP contribution in [0.5, 0.6) is 0 Å². The van der Waals surface area contributed by atoms with Crippen molar-refractivity contribution in [2.75, 3.05) is 0 Å². The summed E-state index contributed by atoms with van der Waals surface area (Å²) in [4.78, 5) is 3.89. The van der Waals surface area contributed by atoms with Crippen molar-refractivity contribution in [3.63, 3.8) is 0 Å². The molecule has 1 aromatic heterocycles. The molecule has 0 fully saturated rings. The largest absolute Gasteiger partial charge is 0.324 e. The molecule has 0 aliphatic heterocycles. The summed E-state index contributed by atoms with van der Waals surface area (Å²) in [6.07, 6.45) is 1.69. The Morgan fingerprint density at radius 3 is 2.55 bits per heavy atom. The van der Waals surface area contributed by atoms with Gasteiger partial charge in [-0.25, -0.2) is 4.98 Å². The van der Waals surface area contributed by atoms with Crippen molar-refractivity contribution in [2.45, 2.75) is 13.0 Å². The molecular formula is C7H10Cl2N2. The Hall–Kier alpha value is -0.310. The molecule has 11 heavy (non-hydrogen) atoms. The third kappa shape index (κ3) is 3.06. The second kappa shape index (κ2) is 4.54. The van der Waals surface area contributed by atoms with Gasteiger partial charge in [-0.2, -0.15) is 0 Å². The summed E-state index contributed by atoms with van der Waals surface area (Å²) >= 11 is 5.56. The topological polar surface area (TPSA) is 38.9 Å². The molecule has 1 unspecified atom stereocenters. The Balaban J connectivity index is 0.000001000. The summed E-state index contributed by atoms with van der Waals surface area (Å²) < 4.78 is 0. The van der Waals surface area contributed by atoms with Crippen LogP contribution in [0.2, 0.25) is 5.15 Å². The van der Waals surface area contributed by atoms with Crippen LogP contribution in [-0.4, -0.2) is 4.98 Å². The molecule has 0 spiro atoms. The maximum Gasteiger partial charge on any atom is 0.129 e. The van der Waals surface area contributed by atoms with Crippen molar-refractivity contribution >= 4 is 24.0 Å². The first-order valence-corrected chi connectivity index (χ1v) is 3.45. The second-order valence-corrected chi connectivity index (χ2v) is 2.59. The van der Waals surface area contributed by atoms with Crippen LogP contribution in [0.4, 0.5) is 0 Å². The average molecular weight is 193 g/mol. The Kier molecular flexibility index (Phi) is 4.42. The number of hydrogen-bond donors (Lipinski definition) is 1. The minimum Gasteiger partial charge on any atom is -0.324 e. The molecule has 1 aromatic rings. The third-order valence-corrected chi connectivity index (χ3v) is 1.50. The van der Waals surface area contributed by atoms with Crippen LogP contribution < -0.4 is 5.73 Å². The minimum absolute atomic E-state index is 0. The number of nitrogens with two attached hydrogens (primary N) is 1. The average Bonchev–Trinajstić information content (AvgIpc) is 1.88. The molecule has 0 amide bonds. The van der Waals surface area contributed by atoms with Gasteiger partial charge in [0.25, 0.3) is 0 Å². The fourth-order valence-corrected chi connectivity index (χ4v) is 0.768. The first-order valence-electron chi connectivity index (χ1n) is 3.07. The predicted octanol–water partition coefficient (Wildman–Crippen LogP) is 2.18. The molecule has 0 aromatic carbocycles. The Morgan fingerprint density at radius 2 is 2.18 bits per heavy atom. The van der Waals surface area contributed by atoms with Crippen molar-refractivity contribution in [1.82, 2.24) is 4.98 Å². The number of hydrogen-bond acceptors (Lipinski definition) is 2. The number of rotatable bonds is 1. The van der Waals surface area contributed by atoms with Gasteiger partial charge in [0.1, 0.15) is 5.15 Å². The van der Waals surface area contributed by atoms with E-state index in [9.17, 15) is 0 Å². The summed E-state index contributed by atoms with van der Waals surface area (Å²) in [6, 6.07) is 3.64. The molecule has 62 valence electrons. The molecule has 2 N–H and O–H groups in total. The summed E-state index contributed by atoms with van der Waals surface area (Å²) in [5, 5.41) is 0.504. The van der Waals surface area contributed by atoms with Crippen molar-refractivity contribution < 1.29 is 0 Å². The second-order valence-electron chi connectivity index (χ2n) is 2.20. The molecule has 1 heterocycles. The lowest BCUT2D eigenvalue weighted by Crippen LogP contribution is -2.04. The van der Waals surface area contributed by atoms with E-state index in [1.54, 1.807) is 12.3 Å². The molecule has 0 aliphatic rings. The van der Waals surface area contributed by atoms with Crippen LogP contribution in [0.15, 0.2) is 18.3 Å². The minimum atomic E-state index is 0. The first kappa shape index (κ1) is 10.7. The van der Waals surface area contributed by atoms with Crippen LogP contribution >= 0.6 is 24.0 Å². The first-order chi connectivity index (χ1) is 4.70. The fraction of sp³-hybridized carbons (Fsp3) is 0.286. The zero-order valence-corrected chi connectivity index (χ0v) is 7.69. The van der Waals surface area contributed by atoms with E-state index < -0.39 is 0 Å². The van der Waals surface area contributed by atoms with Crippen LogP contribution in [0.1, 0.15) is 18.5 Å². The number of aromatic nitrogens is 1. The molecule has 0 aliphatic carbocycles. The Morgan fingerprint density at radius 1 is 1.55 bits per heavy atom. The van der Waals surface area contributed by atoms with Crippen molar-refractivity contribution in [1.29, 1.82) is 0 Å². The highest BCUT2D eigenvalue weighted by Crippen LogP contribution is 2.10. The quantitative estimate of drug-likeness (QED) is 0.694. The van der Waals surface area contributed by atoms with Gasteiger partial charge in [0.15, 0.2) is 0 Å². The standard InChI is InChI=1S/C7H9ClN2.ClH/c1-5(9)6-2-3-7(8)10-4-6;/h2-5H,9H2,1H3;1H. The van der Waals surface area contributed by atoms with Gasteiger partial charge in [-0.15, -0.1) is 12.4 Å². The lowest BCUT2D eigenvalue weighted by Gasteiger charge is -2.02. The number of halogens is 2. The zero-order chi connectivity index (χ0) is 7.56. The summed E-state index contributed by atoms with van der Waals surface area (Å²) in [6.45, 7) is 1.91. The molecule has 0 saturated heterocycles. The molecule has 1 rings (SSSR count). The maximum atomic E-state index is 5.58. The van der Waals surface area contributed by atoms with Crippen molar-refractivity contribution in [3.05, 3.63) is 29.0 Å². The van der Waals surface area contributed by atoms with E-state index in [1.807, 2.05) is 13.0 Å². The van der Waals surface area contributed by atoms with Gasteiger partial charge in [0.05, 0.1) is 0 Å². The van der Waals surface area contributed by atoms with Gasteiger partial charge < -0.3 is 5.73 Å². The van der Waals surface area contributed by atoms with Crippen LogP contribution in [0.3, 0.4) is 0 Å². The highest BCUT2D eigenvalue weighted by molar-refractivity contribution is 6.29. The van der Waals surface area contributed by atoms with E-state index in [-0.39, 0.29) is 18.4 Å². The molecule has 0 saturated carbocycles. The Labute approximate surface area is 77.2 Å². The molecule has 4 heteroatoms. The van der Waals surface area contributed by atoms with E-state index in [2.05, 4.69) is 4.98 Å². The molecule has 1 atom stereocenters. The van der Waals surface area contributed by atoms with E-state index in [0.717, 1.165) is 5.56 Å². The highest BCUT2D eigenvalue weighted by atomic mass is 35.5. The lowest BCUT2D eigenvalue weighted by atomic mass is 10.2. The highest BCUT2D eigenvalue weighted by Gasteiger charge is 1.97. The summed E-state index contributed by atoms with van der Waals surface area (Å²) in [5.41, 5.74) is 6.58. The monoisotopic (exact) mass is 192 g/mol. The predicted molar refractivity (Wildman–Crippen MR) is 49.1 cm³/mol. The van der Waals surface area contributed by atoms with Gasteiger partial charge in [-0.05, 0) is 18.6 Å². The van der Waals surface area contributed by atoms with E-state index in [4.69, 9.17) is 17.3 Å². The summed E-state index contributed by atoms with van der Waals surface area (Å²) in [7, 11) is 0. The smallest absolute Gasteiger partial charge is 0.129 e. The van der Waals surface area contributed by atoms with Crippen molar-refractivity contribution in [2.24, 2.45) is 5.73 Å². The van der Waals surface area contributed by atoms with Gasteiger partial charge in [0, 0.05) is 12.2 Å². The SMILES string of the molecule is CC(N)c1ccc(Cl)nc1.Cl. The normalized spacial score (nSPS) is 11.9. The fourth-order valence-electron chi connectivity index (χ4n) is 0.657. The third-order valence-electron chi connectivity index (χ3n) is 1.28. The van der Waals surface area contributed by atoms with Gasteiger partial charge in [0.2, 0.25) is 0 Å². The van der Waals surface area contributed by atoms with E-state index in [1.165, 1.54) is 0 Å². The summed E-state index contributed by atoms with van der Waals surface area (Å²) in [5.74, 6) is 0. The lowest BCUT2D eigenvalue weighted by molar-refractivity contribution is 0.812. The van der Waals surface area contributed by atoms with Gasteiger partial charge >= 0.3 is 0 Å². The molecular weight excluding hydrogens is 183 g/mol. The molecule has 0 radical (unpaired) electrons. The van der Waals surface area contributed by atoms with Gasteiger partial charge in [-0.3, -0.25) is 0 Å². The number of pyridine rings is 1. The van der Waals surface area contributed by atoms with Crippen molar-refractivity contribution in [3.8, 4) is 0 Å².